The number of fused-ring (bicyclic) bond motifs is 2. The summed E-state index contributed by atoms with van der Waals surface area (Å²) < 4.78 is 0. The summed E-state index contributed by atoms with van der Waals surface area (Å²) in [5, 5.41) is 4.78. The number of nitrogens with one attached hydrogen (secondary N) is 1. The second-order valence-corrected chi connectivity index (χ2v) is 5.68. The van der Waals surface area contributed by atoms with Gasteiger partial charge >= 0.3 is 0 Å². The van der Waals surface area contributed by atoms with Crippen LogP contribution >= 0.6 is 0 Å². The smallest absolute Gasteiger partial charge is 0.0785 e. The summed E-state index contributed by atoms with van der Waals surface area (Å²) in [5.41, 5.74) is 6.54. The molecule has 0 saturated carbocycles. The maximum absolute atomic E-state index is 4.51. The Labute approximate surface area is 163 Å². The van der Waals surface area contributed by atoms with Crippen molar-refractivity contribution in [3.8, 4) is 11.1 Å². The Balaban J connectivity index is 0.00000146. The quantitative estimate of drug-likeness (QED) is 0.404. The molecule has 3 aromatic heterocycles. The molecule has 1 atom stereocenters. The summed E-state index contributed by atoms with van der Waals surface area (Å²) in [6.07, 6.45) is 7.45. The minimum Gasteiger partial charge on any atom is -0.442 e. The molecule has 114 valence electrons. The summed E-state index contributed by atoms with van der Waals surface area (Å²) in [5.74, 6) is 0. The van der Waals surface area contributed by atoms with E-state index in [1.54, 1.807) is 6.20 Å². The number of anilines is 1. The standard InChI is InChI=1S/C19H13N4.U/c1-2-6-16-13(5-1)14-7-9-21-19-17(14)15(11-22-19)18(23-16)12-4-3-8-20-10-12;/h1-11,18,23H;/q-1;. The van der Waals surface area contributed by atoms with Crippen LogP contribution in [-0.2, 0) is 0 Å². The summed E-state index contributed by atoms with van der Waals surface area (Å²) in [6.45, 7) is 0. The monoisotopic (exact) mass is 535 g/mol. The van der Waals surface area contributed by atoms with Crippen LogP contribution in [0.1, 0.15) is 17.2 Å². The van der Waals surface area contributed by atoms with Gasteiger partial charge in [0.25, 0.3) is 0 Å². The Morgan fingerprint density at radius 1 is 0.958 bits per heavy atom. The van der Waals surface area contributed by atoms with Crippen LogP contribution in [0.3, 0.4) is 0 Å². The minimum atomic E-state index is 0. The number of benzene rings is 1. The first-order valence-corrected chi connectivity index (χ1v) is 7.58. The summed E-state index contributed by atoms with van der Waals surface area (Å²) in [6, 6.07) is 14.5. The van der Waals surface area contributed by atoms with Gasteiger partial charge in [0, 0.05) is 54.8 Å². The van der Waals surface area contributed by atoms with Gasteiger partial charge in [-0.25, -0.2) is 0 Å². The Kier molecular flexibility index (Phi) is 3.91. The average Bonchev–Trinajstić information content (AvgIpc) is 2.98. The van der Waals surface area contributed by atoms with Crippen LogP contribution in [0.25, 0.3) is 22.2 Å². The molecule has 0 fully saturated rings. The first-order valence-electron chi connectivity index (χ1n) is 7.58. The first kappa shape index (κ1) is 15.4. The van der Waals surface area contributed by atoms with E-state index < -0.39 is 0 Å². The van der Waals surface area contributed by atoms with Gasteiger partial charge in [-0.15, -0.1) is 0 Å². The van der Waals surface area contributed by atoms with E-state index >= 15 is 0 Å². The summed E-state index contributed by atoms with van der Waals surface area (Å²) in [7, 11) is 0. The predicted molar refractivity (Wildman–Crippen MR) is 90.2 cm³/mol. The molecule has 4 aromatic rings. The SMILES string of the molecule is [U].c1cncc(C2Nc3ccccc3-c3ccnc4[n-]cc2c34)c1. The van der Waals surface area contributed by atoms with Crippen molar-refractivity contribution >= 4 is 16.7 Å². The Morgan fingerprint density at radius 3 is 2.75 bits per heavy atom. The normalized spacial score (nSPS) is 15.1. The number of hydrogen-bond acceptors (Lipinski definition) is 3. The number of para-hydroxylation sites is 1. The maximum atomic E-state index is 4.51. The van der Waals surface area contributed by atoms with E-state index in [1.807, 2.05) is 24.7 Å². The second kappa shape index (κ2) is 6.09. The van der Waals surface area contributed by atoms with Crippen LogP contribution in [-0.4, -0.2) is 9.97 Å². The van der Waals surface area contributed by atoms with Crippen molar-refractivity contribution in [2.75, 3.05) is 5.32 Å². The van der Waals surface area contributed by atoms with Crippen molar-refractivity contribution < 1.29 is 31.1 Å². The third-order valence-electron chi connectivity index (χ3n) is 4.39. The van der Waals surface area contributed by atoms with Gasteiger partial charge in [-0.3, -0.25) is 4.98 Å². The van der Waals surface area contributed by atoms with Gasteiger partial charge in [-0.2, -0.15) is 0 Å². The predicted octanol–water partition coefficient (Wildman–Crippen LogP) is 3.77. The maximum Gasteiger partial charge on any atom is 0.0785 e. The van der Waals surface area contributed by atoms with Crippen molar-refractivity contribution in [3.05, 3.63) is 78.4 Å². The zero-order chi connectivity index (χ0) is 15.2. The van der Waals surface area contributed by atoms with Crippen molar-refractivity contribution in [2.45, 2.75) is 6.04 Å². The van der Waals surface area contributed by atoms with Gasteiger partial charge in [-0.05, 0) is 34.2 Å². The fraction of sp³-hybridized carbons (Fsp3) is 0.0526. The molecule has 5 heteroatoms. The van der Waals surface area contributed by atoms with Crippen LogP contribution in [0.5, 0.6) is 0 Å². The zero-order valence-corrected chi connectivity index (χ0v) is 16.9. The van der Waals surface area contributed by atoms with E-state index in [0.29, 0.717) is 0 Å². The van der Waals surface area contributed by atoms with Crippen molar-refractivity contribution in [1.29, 1.82) is 0 Å². The molecular formula is C19H13N4U-. The number of hydrogen-bond donors (Lipinski definition) is 1. The minimum absolute atomic E-state index is 0. The molecule has 0 bridgehead atoms. The van der Waals surface area contributed by atoms with Gasteiger partial charge in [0.1, 0.15) is 0 Å². The molecule has 0 spiro atoms. The molecule has 0 radical (unpaired) electrons. The van der Waals surface area contributed by atoms with E-state index in [1.165, 1.54) is 11.1 Å². The molecule has 0 aliphatic carbocycles. The van der Waals surface area contributed by atoms with Crippen LogP contribution in [0.2, 0.25) is 0 Å². The van der Waals surface area contributed by atoms with E-state index in [-0.39, 0.29) is 37.2 Å². The molecule has 1 aliphatic rings. The third-order valence-corrected chi connectivity index (χ3v) is 4.39. The van der Waals surface area contributed by atoms with Crippen molar-refractivity contribution in [3.63, 3.8) is 0 Å². The molecule has 4 heterocycles. The molecular weight excluding hydrogens is 522 g/mol. The third kappa shape index (κ3) is 2.28. The van der Waals surface area contributed by atoms with Crippen LogP contribution in [0, 0.1) is 31.1 Å². The number of nitrogens with zero attached hydrogens (tertiary/aromatic N) is 3. The molecule has 5 rings (SSSR count). The van der Waals surface area contributed by atoms with E-state index in [9.17, 15) is 0 Å². The van der Waals surface area contributed by atoms with Crippen LogP contribution in [0.4, 0.5) is 5.69 Å². The topological polar surface area (TPSA) is 51.9 Å². The first-order chi connectivity index (χ1) is 11.4. The number of aromatic nitrogens is 3. The molecule has 1 aromatic carbocycles. The van der Waals surface area contributed by atoms with Crippen molar-refractivity contribution in [1.82, 2.24) is 15.0 Å². The fourth-order valence-electron chi connectivity index (χ4n) is 3.36. The van der Waals surface area contributed by atoms with Gasteiger partial charge in [0.15, 0.2) is 0 Å². The van der Waals surface area contributed by atoms with Crippen LogP contribution in [0.15, 0.2) is 67.3 Å². The second-order valence-electron chi connectivity index (χ2n) is 5.68. The van der Waals surface area contributed by atoms with Gasteiger partial charge in [-0.1, -0.05) is 48.4 Å². The molecule has 1 unspecified atom stereocenters. The Hall–Kier alpha value is -2.09. The molecule has 0 saturated heterocycles. The Morgan fingerprint density at radius 2 is 1.88 bits per heavy atom. The molecule has 24 heavy (non-hydrogen) atoms. The summed E-state index contributed by atoms with van der Waals surface area (Å²) >= 11 is 0. The average molecular weight is 535 g/mol. The van der Waals surface area contributed by atoms with E-state index in [2.05, 4.69) is 56.7 Å². The van der Waals surface area contributed by atoms with Crippen LogP contribution < -0.4 is 10.3 Å². The molecule has 4 nitrogen and oxygen atoms in total. The van der Waals surface area contributed by atoms with E-state index in [4.69, 9.17) is 0 Å². The largest absolute Gasteiger partial charge is 0.442 e. The molecule has 1 aliphatic heterocycles. The van der Waals surface area contributed by atoms with Gasteiger partial charge in [0.2, 0.25) is 0 Å². The number of rotatable bonds is 1. The number of pyridine rings is 2. The van der Waals surface area contributed by atoms with Gasteiger partial charge in [0.05, 0.1) is 6.04 Å². The fourth-order valence-corrected chi connectivity index (χ4v) is 3.36. The zero-order valence-electron chi connectivity index (χ0n) is 12.8. The summed E-state index contributed by atoms with van der Waals surface area (Å²) in [4.78, 5) is 13.2. The van der Waals surface area contributed by atoms with Gasteiger partial charge < -0.3 is 15.3 Å². The Bertz CT molecular complexity index is 1010. The van der Waals surface area contributed by atoms with Crippen molar-refractivity contribution in [2.24, 2.45) is 0 Å². The van der Waals surface area contributed by atoms with E-state index in [0.717, 1.165) is 27.8 Å². The molecule has 0 amide bonds. The molecule has 1 N–H and O–H groups in total.